The lowest BCUT2D eigenvalue weighted by atomic mass is 9.81. The van der Waals surface area contributed by atoms with Crippen molar-refractivity contribution in [2.24, 2.45) is 0 Å². The smallest absolute Gasteiger partial charge is 0.136 e. The highest BCUT2D eigenvalue weighted by atomic mass is 16.3. The summed E-state index contributed by atoms with van der Waals surface area (Å²) in [5, 5.41) is 4.67. The number of hydrogen-bond acceptors (Lipinski definition) is 2. The van der Waals surface area contributed by atoms with Gasteiger partial charge in [0.05, 0.1) is 11.4 Å². The van der Waals surface area contributed by atoms with Crippen molar-refractivity contribution in [1.82, 2.24) is 0 Å². The molecular weight excluding hydrogens is 619 g/mol. The number of nitrogens with zero attached hydrogens (tertiary/aromatic N) is 1. The second-order valence-corrected chi connectivity index (χ2v) is 14.1. The van der Waals surface area contributed by atoms with E-state index in [1.165, 1.54) is 44.2 Å². The third-order valence-corrected chi connectivity index (χ3v) is 10.9. The summed E-state index contributed by atoms with van der Waals surface area (Å²) in [6.07, 6.45) is 0. The maximum absolute atomic E-state index is 6.34. The van der Waals surface area contributed by atoms with E-state index in [-0.39, 0.29) is 5.41 Å². The zero-order chi connectivity index (χ0) is 34.1. The van der Waals surface area contributed by atoms with E-state index in [4.69, 9.17) is 4.42 Å². The first-order chi connectivity index (χ1) is 25.1. The highest BCUT2D eigenvalue weighted by Crippen LogP contribution is 2.50. The van der Waals surface area contributed by atoms with Crippen molar-refractivity contribution in [1.29, 1.82) is 0 Å². The van der Waals surface area contributed by atoms with Crippen LogP contribution in [0, 0.1) is 0 Å². The molecule has 0 amide bonds. The first-order valence-corrected chi connectivity index (χ1v) is 17.7. The zero-order valence-corrected chi connectivity index (χ0v) is 28.6. The summed E-state index contributed by atoms with van der Waals surface area (Å²) in [5.41, 5.74) is 15.3. The molecule has 51 heavy (non-hydrogen) atoms. The van der Waals surface area contributed by atoms with Gasteiger partial charge in [0.15, 0.2) is 0 Å². The molecule has 1 aliphatic carbocycles. The number of para-hydroxylation sites is 2. The van der Waals surface area contributed by atoms with Gasteiger partial charge in [-0.05, 0) is 86.8 Å². The average molecular weight is 654 g/mol. The van der Waals surface area contributed by atoms with E-state index in [1.54, 1.807) is 0 Å². The van der Waals surface area contributed by atoms with E-state index >= 15 is 0 Å². The lowest BCUT2D eigenvalue weighted by Gasteiger charge is -2.29. The van der Waals surface area contributed by atoms with Crippen LogP contribution in [0.3, 0.4) is 0 Å². The first kappa shape index (κ1) is 29.5. The highest BCUT2D eigenvalue weighted by molar-refractivity contribution is 6.14. The molecule has 2 heteroatoms. The number of rotatable bonds is 5. The summed E-state index contributed by atoms with van der Waals surface area (Å²) in [5.74, 6) is 0. The second kappa shape index (κ2) is 11.3. The van der Waals surface area contributed by atoms with Gasteiger partial charge in [-0.1, -0.05) is 147 Å². The zero-order valence-electron chi connectivity index (χ0n) is 28.6. The van der Waals surface area contributed by atoms with Crippen LogP contribution >= 0.6 is 0 Å². The quantitative estimate of drug-likeness (QED) is 0.184. The summed E-state index contributed by atoms with van der Waals surface area (Å²) >= 11 is 0. The van der Waals surface area contributed by atoms with Crippen LogP contribution in [0.25, 0.3) is 66.1 Å². The molecule has 0 bridgehead atoms. The SMILES string of the molecule is CC1(C)c2ccccc2-c2ccc(-c3ccc(N(c4ccccc4-c4cccc5oc6ccccc6c45)c4cccc5ccccc45)cc3)cc21. The molecule has 0 saturated heterocycles. The molecule has 1 aliphatic rings. The Morgan fingerprint density at radius 2 is 1.04 bits per heavy atom. The van der Waals surface area contributed by atoms with Gasteiger partial charge in [-0.15, -0.1) is 0 Å². The van der Waals surface area contributed by atoms with Gasteiger partial charge in [0.2, 0.25) is 0 Å². The molecule has 10 rings (SSSR count). The molecule has 0 N–H and O–H groups in total. The fourth-order valence-electron chi connectivity index (χ4n) is 8.39. The van der Waals surface area contributed by atoms with Crippen LogP contribution in [0.4, 0.5) is 17.1 Å². The summed E-state index contributed by atoms with van der Waals surface area (Å²) in [6, 6.07) is 63.7. The maximum Gasteiger partial charge on any atom is 0.136 e. The number of furan rings is 1. The molecule has 242 valence electrons. The topological polar surface area (TPSA) is 16.4 Å². The van der Waals surface area contributed by atoms with Crippen molar-refractivity contribution in [2.45, 2.75) is 19.3 Å². The minimum atomic E-state index is -0.0417. The molecule has 0 radical (unpaired) electrons. The normalized spacial score (nSPS) is 13.1. The fraction of sp³-hybridized carbons (Fsp3) is 0.0612. The Kier molecular flexibility index (Phi) is 6.56. The Balaban J connectivity index is 1.14. The Labute approximate surface area is 297 Å². The van der Waals surface area contributed by atoms with Crippen LogP contribution in [-0.4, -0.2) is 0 Å². The van der Waals surface area contributed by atoms with Crippen molar-refractivity contribution in [2.75, 3.05) is 4.90 Å². The molecule has 0 atom stereocenters. The van der Waals surface area contributed by atoms with E-state index in [0.717, 1.165) is 50.1 Å². The van der Waals surface area contributed by atoms with Crippen LogP contribution in [-0.2, 0) is 5.41 Å². The van der Waals surface area contributed by atoms with Gasteiger partial charge in [-0.3, -0.25) is 0 Å². The van der Waals surface area contributed by atoms with Crippen molar-refractivity contribution < 1.29 is 4.42 Å². The van der Waals surface area contributed by atoms with Gasteiger partial charge in [0.25, 0.3) is 0 Å². The van der Waals surface area contributed by atoms with Crippen molar-refractivity contribution >= 4 is 49.8 Å². The second-order valence-electron chi connectivity index (χ2n) is 14.1. The van der Waals surface area contributed by atoms with Crippen LogP contribution in [0.2, 0.25) is 0 Å². The van der Waals surface area contributed by atoms with Crippen LogP contribution in [0.1, 0.15) is 25.0 Å². The van der Waals surface area contributed by atoms with Crippen molar-refractivity contribution in [3.05, 3.63) is 187 Å². The highest BCUT2D eigenvalue weighted by Gasteiger charge is 2.35. The molecule has 0 unspecified atom stereocenters. The lowest BCUT2D eigenvalue weighted by molar-refractivity contribution is 0.660. The predicted octanol–water partition coefficient (Wildman–Crippen LogP) is 13.8. The molecule has 1 heterocycles. The van der Waals surface area contributed by atoms with Crippen LogP contribution in [0.5, 0.6) is 0 Å². The van der Waals surface area contributed by atoms with Gasteiger partial charge in [-0.2, -0.15) is 0 Å². The summed E-state index contributed by atoms with van der Waals surface area (Å²) in [7, 11) is 0. The van der Waals surface area contributed by atoms with E-state index in [1.807, 2.05) is 6.07 Å². The molecular formula is C49H35NO. The van der Waals surface area contributed by atoms with Gasteiger partial charge < -0.3 is 9.32 Å². The van der Waals surface area contributed by atoms with Crippen LogP contribution < -0.4 is 4.90 Å². The number of hydrogen-bond donors (Lipinski definition) is 0. The monoisotopic (exact) mass is 653 g/mol. The third kappa shape index (κ3) is 4.57. The predicted molar refractivity (Wildman–Crippen MR) is 214 cm³/mol. The summed E-state index contributed by atoms with van der Waals surface area (Å²) < 4.78 is 6.34. The first-order valence-electron chi connectivity index (χ1n) is 17.7. The summed E-state index contributed by atoms with van der Waals surface area (Å²) in [6.45, 7) is 4.69. The number of fused-ring (bicyclic) bond motifs is 7. The lowest BCUT2D eigenvalue weighted by Crippen LogP contribution is -2.14. The van der Waals surface area contributed by atoms with Crippen LogP contribution in [0.15, 0.2) is 180 Å². The molecule has 0 saturated carbocycles. The Morgan fingerprint density at radius 1 is 0.431 bits per heavy atom. The standard InChI is InChI=1S/C49H35NO/c1-49(2)42-20-8-5-16-37(42)38-30-27-34(31-43(38)49)32-25-28-35(29-26-32)50(44-22-11-14-33-13-3-4-15-36(33)44)45-21-9-6-17-39(45)40-19-12-24-47-48(40)41-18-7-10-23-46(41)51-47/h3-31H,1-2H3. The Hall–Kier alpha value is -6.38. The average Bonchev–Trinajstić information content (AvgIpc) is 3.68. The third-order valence-electron chi connectivity index (χ3n) is 10.9. The maximum atomic E-state index is 6.34. The molecule has 0 aliphatic heterocycles. The minimum Gasteiger partial charge on any atom is -0.456 e. The fourth-order valence-corrected chi connectivity index (χ4v) is 8.39. The minimum absolute atomic E-state index is 0.0417. The number of anilines is 3. The molecule has 2 nitrogen and oxygen atoms in total. The van der Waals surface area contributed by atoms with E-state index in [2.05, 4.69) is 189 Å². The van der Waals surface area contributed by atoms with Gasteiger partial charge >= 0.3 is 0 Å². The molecule has 9 aromatic rings. The Morgan fingerprint density at radius 3 is 1.92 bits per heavy atom. The summed E-state index contributed by atoms with van der Waals surface area (Å²) in [4.78, 5) is 2.42. The van der Waals surface area contributed by atoms with E-state index < -0.39 is 0 Å². The van der Waals surface area contributed by atoms with E-state index in [9.17, 15) is 0 Å². The van der Waals surface area contributed by atoms with E-state index in [0.29, 0.717) is 0 Å². The van der Waals surface area contributed by atoms with Gasteiger partial charge in [0.1, 0.15) is 11.2 Å². The van der Waals surface area contributed by atoms with Gasteiger partial charge in [0, 0.05) is 32.8 Å². The molecule has 0 fully saturated rings. The number of benzene rings is 8. The molecule has 1 aromatic heterocycles. The Bertz CT molecular complexity index is 2780. The molecule has 8 aromatic carbocycles. The van der Waals surface area contributed by atoms with Crippen molar-refractivity contribution in [3.63, 3.8) is 0 Å². The largest absolute Gasteiger partial charge is 0.456 e. The molecule has 0 spiro atoms. The van der Waals surface area contributed by atoms with Gasteiger partial charge in [-0.25, -0.2) is 0 Å². The van der Waals surface area contributed by atoms with Crippen molar-refractivity contribution in [3.8, 4) is 33.4 Å².